The Morgan fingerprint density at radius 2 is 2.00 bits per heavy atom. The van der Waals surface area contributed by atoms with E-state index in [9.17, 15) is 18.0 Å². The zero-order valence-corrected chi connectivity index (χ0v) is 16.5. The summed E-state index contributed by atoms with van der Waals surface area (Å²) in [4.78, 5) is 18.9. The summed E-state index contributed by atoms with van der Waals surface area (Å²) in [5.41, 5.74) is 0.889. The fraction of sp³-hybridized carbons (Fsp3) is 0.571. The fourth-order valence-electron chi connectivity index (χ4n) is 4.48. The predicted molar refractivity (Wildman–Crippen MR) is 104 cm³/mol. The molecule has 1 aromatic carbocycles. The molecule has 1 amide bonds. The van der Waals surface area contributed by atoms with Crippen LogP contribution in [0.2, 0.25) is 0 Å². The standard InChI is InChI=1S/C21H26F3N3O2/c1-26-9-2-4-15(26)8-11-29-16-6-7-17-14(12-16)13-18(25-17)20(28)27-10-3-5-19(27)21(22,23)24/h6-7,12-13,15,19,25H,2-5,8-11H2,1H3/t15?,19-/m0/s1. The molecule has 1 aromatic heterocycles. The summed E-state index contributed by atoms with van der Waals surface area (Å²) in [5.74, 6) is 0.0956. The highest BCUT2D eigenvalue weighted by atomic mass is 19.4. The Morgan fingerprint density at radius 3 is 2.72 bits per heavy atom. The Labute approximate surface area is 167 Å². The van der Waals surface area contributed by atoms with Crippen LogP contribution in [0.3, 0.4) is 0 Å². The number of carbonyl (C=O) groups excluding carboxylic acids is 1. The summed E-state index contributed by atoms with van der Waals surface area (Å²) in [6.07, 6.45) is -0.698. The van der Waals surface area contributed by atoms with Crippen molar-refractivity contribution in [2.75, 3.05) is 26.7 Å². The van der Waals surface area contributed by atoms with Gasteiger partial charge >= 0.3 is 6.18 Å². The van der Waals surface area contributed by atoms with Crippen LogP contribution in [0, 0.1) is 0 Å². The van der Waals surface area contributed by atoms with Gasteiger partial charge in [0.05, 0.1) is 6.61 Å². The minimum atomic E-state index is -4.40. The number of nitrogens with zero attached hydrogens (tertiary/aromatic N) is 2. The second kappa shape index (κ2) is 7.89. The van der Waals surface area contributed by atoms with Crippen LogP contribution in [0.4, 0.5) is 13.2 Å². The molecule has 0 bridgehead atoms. The van der Waals surface area contributed by atoms with Gasteiger partial charge in [0.2, 0.25) is 0 Å². The summed E-state index contributed by atoms with van der Waals surface area (Å²) in [6.45, 7) is 1.86. The third-order valence-corrected chi connectivity index (χ3v) is 6.11. The molecule has 2 saturated heterocycles. The number of nitrogens with one attached hydrogen (secondary N) is 1. The number of H-pyrrole nitrogens is 1. The molecule has 0 spiro atoms. The summed E-state index contributed by atoms with van der Waals surface area (Å²) in [6, 6.07) is 5.91. The zero-order chi connectivity index (χ0) is 20.6. The van der Waals surface area contributed by atoms with Crippen LogP contribution in [-0.4, -0.2) is 65.7 Å². The van der Waals surface area contributed by atoms with Crippen molar-refractivity contribution >= 4 is 16.8 Å². The summed E-state index contributed by atoms with van der Waals surface area (Å²) >= 11 is 0. The van der Waals surface area contributed by atoms with Gasteiger partial charge in [-0.3, -0.25) is 4.79 Å². The third kappa shape index (κ3) is 4.22. The lowest BCUT2D eigenvalue weighted by molar-refractivity contribution is -0.169. The first-order chi connectivity index (χ1) is 13.8. The highest BCUT2D eigenvalue weighted by molar-refractivity contribution is 5.98. The SMILES string of the molecule is CN1CCCC1CCOc1ccc2[nH]c(C(=O)N3CCC[C@H]3C(F)(F)F)cc2c1. The minimum Gasteiger partial charge on any atom is -0.494 e. The molecule has 0 aliphatic carbocycles. The maximum absolute atomic E-state index is 13.2. The molecule has 1 unspecified atom stereocenters. The number of benzene rings is 1. The number of amides is 1. The number of rotatable bonds is 5. The van der Waals surface area contributed by atoms with Crippen LogP contribution in [0.1, 0.15) is 42.6 Å². The van der Waals surface area contributed by atoms with Crippen molar-refractivity contribution < 1.29 is 22.7 Å². The van der Waals surface area contributed by atoms with Crippen LogP contribution >= 0.6 is 0 Å². The molecule has 1 N–H and O–H groups in total. The molecule has 2 aliphatic heterocycles. The molecule has 3 heterocycles. The van der Waals surface area contributed by atoms with E-state index in [2.05, 4.69) is 16.9 Å². The van der Waals surface area contributed by atoms with Crippen molar-refractivity contribution in [3.05, 3.63) is 30.0 Å². The summed E-state index contributed by atoms with van der Waals surface area (Å²) < 4.78 is 45.4. The van der Waals surface area contributed by atoms with Crippen molar-refractivity contribution in [3.8, 4) is 5.75 Å². The second-order valence-electron chi connectivity index (χ2n) is 8.04. The largest absolute Gasteiger partial charge is 0.494 e. The quantitative estimate of drug-likeness (QED) is 0.805. The van der Waals surface area contributed by atoms with Crippen molar-refractivity contribution in [1.29, 1.82) is 0 Å². The number of ether oxygens (including phenoxy) is 1. The number of alkyl halides is 3. The van der Waals surface area contributed by atoms with Gasteiger partial charge < -0.3 is 19.5 Å². The molecule has 158 valence electrons. The second-order valence-corrected chi connectivity index (χ2v) is 8.04. The van der Waals surface area contributed by atoms with E-state index in [1.54, 1.807) is 12.1 Å². The molecular formula is C21H26F3N3O2. The monoisotopic (exact) mass is 409 g/mol. The highest BCUT2D eigenvalue weighted by Gasteiger charge is 2.48. The van der Waals surface area contributed by atoms with E-state index in [4.69, 9.17) is 4.74 Å². The Morgan fingerprint density at radius 1 is 1.21 bits per heavy atom. The third-order valence-electron chi connectivity index (χ3n) is 6.11. The lowest BCUT2D eigenvalue weighted by Crippen LogP contribution is -2.44. The van der Waals surface area contributed by atoms with Gasteiger partial charge in [0.25, 0.3) is 5.91 Å². The Bertz CT molecular complexity index is 880. The summed E-state index contributed by atoms with van der Waals surface area (Å²) in [5, 5.41) is 0.756. The maximum atomic E-state index is 13.2. The van der Waals surface area contributed by atoms with Crippen LogP contribution < -0.4 is 4.74 Å². The topological polar surface area (TPSA) is 48.6 Å². The first-order valence-corrected chi connectivity index (χ1v) is 10.2. The van der Waals surface area contributed by atoms with E-state index < -0.39 is 18.1 Å². The molecule has 0 saturated carbocycles. The van der Waals surface area contributed by atoms with Gasteiger partial charge in [0.15, 0.2) is 0 Å². The van der Waals surface area contributed by atoms with Gasteiger partial charge in [-0.05, 0) is 70.0 Å². The first kappa shape index (κ1) is 20.1. The Balaban J connectivity index is 1.43. The van der Waals surface area contributed by atoms with Crippen LogP contribution in [-0.2, 0) is 0 Å². The normalized spacial score (nSPS) is 23.2. The molecule has 2 aliphatic rings. The van der Waals surface area contributed by atoms with E-state index in [1.807, 2.05) is 12.1 Å². The molecule has 5 nitrogen and oxygen atoms in total. The number of carbonyl (C=O) groups is 1. The summed E-state index contributed by atoms with van der Waals surface area (Å²) in [7, 11) is 2.13. The molecule has 0 radical (unpaired) electrons. The van der Waals surface area contributed by atoms with Gasteiger partial charge in [-0.25, -0.2) is 0 Å². The van der Waals surface area contributed by atoms with Gasteiger partial charge in [-0.15, -0.1) is 0 Å². The number of halogens is 3. The molecule has 2 atom stereocenters. The first-order valence-electron chi connectivity index (χ1n) is 10.2. The van der Waals surface area contributed by atoms with Gasteiger partial charge in [0, 0.05) is 23.5 Å². The number of aromatic nitrogens is 1. The van der Waals surface area contributed by atoms with E-state index in [0.717, 1.165) is 23.3 Å². The van der Waals surface area contributed by atoms with Crippen molar-refractivity contribution in [2.45, 2.75) is 50.4 Å². The van der Waals surface area contributed by atoms with Crippen LogP contribution in [0.15, 0.2) is 24.3 Å². The smallest absolute Gasteiger partial charge is 0.408 e. The van der Waals surface area contributed by atoms with Crippen molar-refractivity contribution in [2.24, 2.45) is 0 Å². The Kier molecular flexibility index (Phi) is 5.46. The van der Waals surface area contributed by atoms with E-state index in [1.165, 1.54) is 12.8 Å². The number of aromatic amines is 1. The minimum absolute atomic E-state index is 0.0381. The number of hydrogen-bond acceptors (Lipinski definition) is 3. The van der Waals surface area contributed by atoms with Gasteiger partial charge in [-0.1, -0.05) is 0 Å². The number of fused-ring (bicyclic) bond motifs is 1. The van der Waals surface area contributed by atoms with E-state index >= 15 is 0 Å². The lowest BCUT2D eigenvalue weighted by atomic mass is 10.1. The van der Waals surface area contributed by atoms with E-state index in [0.29, 0.717) is 30.3 Å². The van der Waals surface area contributed by atoms with E-state index in [-0.39, 0.29) is 18.7 Å². The Hall–Kier alpha value is -2.22. The lowest BCUT2D eigenvalue weighted by Gasteiger charge is -2.26. The van der Waals surface area contributed by atoms with Gasteiger partial charge in [0.1, 0.15) is 17.5 Å². The predicted octanol–water partition coefficient (Wildman–Crippen LogP) is 4.20. The van der Waals surface area contributed by atoms with Crippen molar-refractivity contribution in [1.82, 2.24) is 14.8 Å². The zero-order valence-electron chi connectivity index (χ0n) is 16.5. The average molecular weight is 409 g/mol. The molecule has 8 heteroatoms. The highest BCUT2D eigenvalue weighted by Crippen LogP contribution is 2.34. The molecule has 2 fully saturated rings. The average Bonchev–Trinajstić information content (AvgIpc) is 3.39. The number of hydrogen-bond donors (Lipinski definition) is 1. The van der Waals surface area contributed by atoms with Crippen LogP contribution in [0.5, 0.6) is 5.75 Å². The van der Waals surface area contributed by atoms with Crippen molar-refractivity contribution in [3.63, 3.8) is 0 Å². The van der Waals surface area contributed by atoms with Gasteiger partial charge in [-0.2, -0.15) is 13.2 Å². The van der Waals surface area contributed by atoms with Crippen LogP contribution in [0.25, 0.3) is 10.9 Å². The molecular weight excluding hydrogens is 383 g/mol. The molecule has 2 aromatic rings. The molecule has 29 heavy (non-hydrogen) atoms. The fourth-order valence-corrected chi connectivity index (χ4v) is 4.48. The molecule has 4 rings (SSSR count). The number of likely N-dealkylation sites (tertiary alicyclic amines) is 2. The maximum Gasteiger partial charge on any atom is 0.408 e.